The van der Waals surface area contributed by atoms with Crippen LogP contribution < -0.4 is 5.32 Å². The van der Waals surface area contributed by atoms with Crippen LogP contribution in [0.2, 0.25) is 0 Å². The molecule has 2 aromatic heterocycles. The number of hydrogen-bond acceptors (Lipinski definition) is 5. The van der Waals surface area contributed by atoms with Crippen LogP contribution in [0.25, 0.3) is 11.0 Å². The maximum absolute atomic E-state index is 13.4. The van der Waals surface area contributed by atoms with Crippen molar-refractivity contribution in [1.29, 1.82) is 0 Å². The molecule has 0 radical (unpaired) electrons. The van der Waals surface area contributed by atoms with Crippen LogP contribution in [-0.2, 0) is 0 Å². The van der Waals surface area contributed by atoms with Crippen molar-refractivity contribution in [2.75, 3.05) is 18.4 Å². The Morgan fingerprint density at radius 2 is 2.07 bits per heavy atom. The Morgan fingerprint density at radius 1 is 1.20 bits per heavy atom. The highest BCUT2D eigenvalue weighted by Gasteiger charge is 2.26. The first kappa shape index (κ1) is 18.7. The predicted octanol–water partition coefficient (Wildman–Crippen LogP) is 4.92. The average molecular weight is 422 g/mol. The number of anilines is 2. The molecule has 5 rings (SSSR count). The molecule has 1 aliphatic rings. The minimum absolute atomic E-state index is 0.0305. The van der Waals surface area contributed by atoms with E-state index in [-0.39, 0.29) is 17.6 Å². The number of rotatable bonds is 4. The van der Waals surface area contributed by atoms with Crippen molar-refractivity contribution in [2.45, 2.75) is 18.8 Å². The molecular weight excluding hydrogens is 401 g/mol. The van der Waals surface area contributed by atoms with Gasteiger partial charge in [0.25, 0.3) is 5.91 Å². The van der Waals surface area contributed by atoms with E-state index in [4.69, 9.17) is 0 Å². The number of piperidine rings is 1. The van der Waals surface area contributed by atoms with Crippen LogP contribution in [0.5, 0.6) is 0 Å². The molecule has 1 fully saturated rings. The van der Waals surface area contributed by atoms with Gasteiger partial charge in [-0.3, -0.25) is 4.79 Å². The molecule has 30 heavy (non-hydrogen) atoms. The topological polar surface area (TPSA) is 73.9 Å². The molecular formula is C22H20FN5OS. The van der Waals surface area contributed by atoms with Gasteiger partial charge in [-0.15, -0.1) is 11.3 Å². The quantitative estimate of drug-likeness (QED) is 0.490. The first-order valence-corrected chi connectivity index (χ1v) is 10.7. The van der Waals surface area contributed by atoms with Gasteiger partial charge in [-0.05, 0) is 49.2 Å². The molecule has 0 aliphatic carbocycles. The molecule has 1 amide bonds. The summed E-state index contributed by atoms with van der Waals surface area (Å²) in [5, 5.41) is 5.92. The highest BCUT2D eigenvalue weighted by Crippen LogP contribution is 2.29. The molecule has 152 valence electrons. The number of aromatic amines is 1. The normalized spacial score (nSPS) is 14.9. The van der Waals surface area contributed by atoms with E-state index in [2.05, 4.69) is 20.3 Å². The monoisotopic (exact) mass is 421 g/mol. The summed E-state index contributed by atoms with van der Waals surface area (Å²) in [5.41, 5.74) is 3.00. The third kappa shape index (κ3) is 3.78. The lowest BCUT2D eigenvalue weighted by Crippen LogP contribution is -2.38. The molecule has 0 spiro atoms. The number of imidazole rings is 1. The fraction of sp³-hybridized carbons (Fsp3) is 0.227. The Labute approximate surface area is 176 Å². The number of carbonyl (C=O) groups excluding carboxylic acids is 1. The summed E-state index contributed by atoms with van der Waals surface area (Å²) in [7, 11) is 0. The van der Waals surface area contributed by atoms with Crippen LogP contribution in [-0.4, -0.2) is 38.8 Å². The summed E-state index contributed by atoms with van der Waals surface area (Å²) in [6, 6.07) is 12.1. The van der Waals surface area contributed by atoms with E-state index in [9.17, 15) is 9.18 Å². The van der Waals surface area contributed by atoms with E-state index >= 15 is 0 Å². The van der Waals surface area contributed by atoms with Gasteiger partial charge in [0.05, 0.1) is 11.0 Å². The zero-order chi connectivity index (χ0) is 20.5. The predicted molar refractivity (Wildman–Crippen MR) is 116 cm³/mol. The van der Waals surface area contributed by atoms with Crippen LogP contribution in [0.4, 0.5) is 15.2 Å². The lowest BCUT2D eigenvalue weighted by atomic mass is 9.95. The van der Waals surface area contributed by atoms with E-state index in [1.807, 2.05) is 34.5 Å². The summed E-state index contributed by atoms with van der Waals surface area (Å²) in [6.07, 6.45) is 3.39. The Morgan fingerprint density at radius 3 is 2.87 bits per heavy atom. The van der Waals surface area contributed by atoms with Crippen LogP contribution in [0, 0.1) is 5.82 Å². The summed E-state index contributed by atoms with van der Waals surface area (Å²) in [5.74, 6) is 0.868. The van der Waals surface area contributed by atoms with Gasteiger partial charge in [-0.25, -0.2) is 14.4 Å². The number of halogens is 1. The van der Waals surface area contributed by atoms with Gasteiger partial charge in [0.2, 0.25) is 0 Å². The Hall–Kier alpha value is -3.26. The zero-order valence-corrected chi connectivity index (χ0v) is 17.0. The fourth-order valence-electron chi connectivity index (χ4n) is 3.87. The van der Waals surface area contributed by atoms with Gasteiger partial charge in [0.15, 0.2) is 5.13 Å². The van der Waals surface area contributed by atoms with Crippen LogP contribution in [0.3, 0.4) is 0 Å². The van der Waals surface area contributed by atoms with Crippen molar-refractivity contribution in [1.82, 2.24) is 19.9 Å². The first-order chi connectivity index (χ1) is 14.7. The van der Waals surface area contributed by atoms with Gasteiger partial charge < -0.3 is 15.2 Å². The molecule has 0 atom stereocenters. The van der Waals surface area contributed by atoms with Gasteiger partial charge in [0, 0.05) is 41.8 Å². The number of benzene rings is 2. The number of H-pyrrole nitrogens is 1. The summed E-state index contributed by atoms with van der Waals surface area (Å²) >= 11 is 1.51. The van der Waals surface area contributed by atoms with Crippen LogP contribution in [0.1, 0.15) is 34.9 Å². The number of thiazole rings is 1. The number of hydrogen-bond donors (Lipinski definition) is 2. The average Bonchev–Trinajstić information content (AvgIpc) is 3.43. The number of nitrogens with one attached hydrogen (secondary N) is 2. The number of fused-ring (bicyclic) bond motifs is 1. The lowest BCUT2D eigenvalue weighted by Gasteiger charge is -2.31. The van der Waals surface area contributed by atoms with Crippen molar-refractivity contribution in [3.63, 3.8) is 0 Å². The lowest BCUT2D eigenvalue weighted by molar-refractivity contribution is 0.0711. The number of likely N-dealkylation sites (tertiary alicyclic amines) is 1. The standard InChI is InChI=1S/C22H20FN5OS/c23-16-4-5-18-19(13-16)27-20(26-18)14-6-9-28(10-7-14)21(29)15-2-1-3-17(12-15)25-22-24-8-11-30-22/h1-5,8,11-14H,6-7,9-10H2,(H,24,25)(H,26,27). The maximum atomic E-state index is 13.4. The molecule has 0 bridgehead atoms. The van der Waals surface area contributed by atoms with E-state index in [1.165, 1.54) is 23.5 Å². The van der Waals surface area contributed by atoms with Crippen molar-refractivity contribution < 1.29 is 9.18 Å². The minimum Gasteiger partial charge on any atom is -0.342 e. The van der Waals surface area contributed by atoms with Gasteiger partial charge >= 0.3 is 0 Å². The first-order valence-electron chi connectivity index (χ1n) is 9.87. The highest BCUT2D eigenvalue weighted by atomic mass is 32.1. The zero-order valence-electron chi connectivity index (χ0n) is 16.1. The third-order valence-corrected chi connectivity index (χ3v) is 6.11. The maximum Gasteiger partial charge on any atom is 0.253 e. The fourth-order valence-corrected chi connectivity index (χ4v) is 4.42. The molecule has 3 heterocycles. The Kier molecular flexibility index (Phi) is 4.92. The highest BCUT2D eigenvalue weighted by molar-refractivity contribution is 7.13. The molecule has 1 saturated heterocycles. The Balaban J connectivity index is 1.25. The van der Waals surface area contributed by atoms with E-state index in [0.717, 1.165) is 35.0 Å². The second-order valence-corrected chi connectivity index (χ2v) is 8.29. The third-order valence-electron chi connectivity index (χ3n) is 5.42. The van der Waals surface area contributed by atoms with Crippen molar-refractivity contribution >= 4 is 39.1 Å². The number of carbonyl (C=O) groups is 1. The SMILES string of the molecule is O=C(c1cccc(Nc2nccs2)c1)N1CCC(c2nc3ccc(F)cc3[nH]2)CC1. The summed E-state index contributed by atoms with van der Waals surface area (Å²) in [6.45, 7) is 1.33. The van der Waals surface area contributed by atoms with E-state index < -0.39 is 0 Å². The molecule has 4 aromatic rings. The summed E-state index contributed by atoms with van der Waals surface area (Å²) in [4.78, 5) is 27.0. The number of amides is 1. The number of aromatic nitrogens is 3. The van der Waals surface area contributed by atoms with Crippen molar-refractivity contribution in [2.24, 2.45) is 0 Å². The molecule has 8 heteroatoms. The van der Waals surface area contributed by atoms with E-state index in [0.29, 0.717) is 24.2 Å². The van der Waals surface area contributed by atoms with Gasteiger partial charge in [-0.1, -0.05) is 6.07 Å². The van der Waals surface area contributed by atoms with Gasteiger partial charge in [0.1, 0.15) is 11.6 Å². The molecule has 0 unspecified atom stereocenters. The smallest absolute Gasteiger partial charge is 0.253 e. The largest absolute Gasteiger partial charge is 0.342 e. The van der Waals surface area contributed by atoms with Crippen LogP contribution in [0.15, 0.2) is 54.0 Å². The number of nitrogens with zero attached hydrogens (tertiary/aromatic N) is 3. The summed E-state index contributed by atoms with van der Waals surface area (Å²) < 4.78 is 13.4. The van der Waals surface area contributed by atoms with Crippen LogP contribution >= 0.6 is 11.3 Å². The molecule has 2 aromatic carbocycles. The van der Waals surface area contributed by atoms with E-state index in [1.54, 1.807) is 12.3 Å². The second kappa shape index (κ2) is 7.87. The molecule has 1 aliphatic heterocycles. The molecule has 0 saturated carbocycles. The molecule has 6 nitrogen and oxygen atoms in total. The molecule has 2 N–H and O–H groups in total. The minimum atomic E-state index is -0.273. The van der Waals surface area contributed by atoms with Crippen molar-refractivity contribution in [3.05, 3.63) is 71.2 Å². The Bertz CT molecular complexity index is 1180. The van der Waals surface area contributed by atoms with Crippen molar-refractivity contribution in [3.8, 4) is 0 Å². The second-order valence-electron chi connectivity index (χ2n) is 7.39. The van der Waals surface area contributed by atoms with Gasteiger partial charge in [-0.2, -0.15) is 0 Å².